The minimum atomic E-state index is -0.915. The third-order valence-corrected chi connectivity index (χ3v) is 6.56. The van der Waals surface area contributed by atoms with Crippen molar-refractivity contribution in [1.82, 2.24) is 5.32 Å². The molecule has 0 amide bonds. The Morgan fingerprint density at radius 2 is 1.68 bits per heavy atom. The highest BCUT2D eigenvalue weighted by Crippen LogP contribution is 2.47. The number of fused-ring (bicyclic) bond motifs is 5. The first-order valence-corrected chi connectivity index (χ1v) is 10.4. The second-order valence-electron chi connectivity index (χ2n) is 8.14. The smallest absolute Gasteiger partial charge is 0.132 e. The van der Waals surface area contributed by atoms with Crippen LogP contribution in [-0.4, -0.2) is 7.05 Å². The molecular weight excluding hydrogens is 345 g/mol. The van der Waals surface area contributed by atoms with Crippen molar-refractivity contribution in [3.05, 3.63) is 94.0 Å². The molecule has 0 heterocycles. The molecule has 2 atom stereocenters. The molecule has 0 fully saturated rings. The number of aryl methyl sites for hydroxylation is 1. The fourth-order valence-corrected chi connectivity index (χ4v) is 5.15. The Bertz CT molecular complexity index is 1010. The summed E-state index contributed by atoms with van der Waals surface area (Å²) in [6.45, 7) is 0.848. The Kier molecular flexibility index (Phi) is 4.52. The van der Waals surface area contributed by atoms with Crippen LogP contribution < -0.4 is 5.32 Å². The lowest BCUT2D eigenvalue weighted by atomic mass is 9.73. The topological polar surface area (TPSA) is 12.0 Å². The third-order valence-electron chi connectivity index (χ3n) is 6.56. The second-order valence-corrected chi connectivity index (χ2v) is 8.14. The molecule has 0 aromatic heterocycles. The first-order valence-electron chi connectivity index (χ1n) is 10.4. The van der Waals surface area contributed by atoms with Crippen LogP contribution in [0, 0.1) is 0 Å². The average molecular weight is 371 g/mol. The summed E-state index contributed by atoms with van der Waals surface area (Å²) in [5, 5.41) is 3.17. The molecule has 5 rings (SSSR count). The summed E-state index contributed by atoms with van der Waals surface area (Å²) in [7, 11) is 1.95. The van der Waals surface area contributed by atoms with Gasteiger partial charge in [-0.1, -0.05) is 60.7 Å². The highest BCUT2D eigenvalue weighted by molar-refractivity contribution is 5.75. The van der Waals surface area contributed by atoms with E-state index in [9.17, 15) is 0 Å². The van der Waals surface area contributed by atoms with E-state index in [0.717, 1.165) is 43.4 Å². The maximum atomic E-state index is 15.6. The first kappa shape index (κ1) is 17.6. The summed E-state index contributed by atoms with van der Waals surface area (Å²) in [6.07, 6.45) is 3.04. The summed E-state index contributed by atoms with van der Waals surface area (Å²) in [5.74, 6) is -0.0370. The maximum absolute atomic E-state index is 15.6. The van der Waals surface area contributed by atoms with Gasteiger partial charge < -0.3 is 5.32 Å². The van der Waals surface area contributed by atoms with Gasteiger partial charge in [0, 0.05) is 12.5 Å². The van der Waals surface area contributed by atoms with Gasteiger partial charge in [-0.25, -0.2) is 4.39 Å². The molecule has 0 bridgehead atoms. The Hall–Kier alpha value is -2.45. The van der Waals surface area contributed by atoms with Crippen molar-refractivity contribution < 1.29 is 4.39 Å². The first-order chi connectivity index (χ1) is 13.8. The van der Waals surface area contributed by atoms with Gasteiger partial charge in [0.15, 0.2) is 0 Å². The van der Waals surface area contributed by atoms with E-state index in [1.54, 1.807) is 0 Å². The zero-order chi connectivity index (χ0) is 19.1. The van der Waals surface area contributed by atoms with Gasteiger partial charge in [-0.2, -0.15) is 0 Å². The van der Waals surface area contributed by atoms with Gasteiger partial charge >= 0.3 is 0 Å². The molecule has 0 aliphatic heterocycles. The second kappa shape index (κ2) is 7.18. The lowest BCUT2D eigenvalue weighted by molar-refractivity contribution is 0.262. The van der Waals surface area contributed by atoms with Crippen molar-refractivity contribution in [2.75, 3.05) is 7.05 Å². The molecule has 0 saturated heterocycles. The summed E-state index contributed by atoms with van der Waals surface area (Å²) in [4.78, 5) is 0. The van der Waals surface area contributed by atoms with Crippen molar-refractivity contribution in [3.63, 3.8) is 0 Å². The van der Waals surface area contributed by atoms with Gasteiger partial charge in [-0.3, -0.25) is 0 Å². The molecular formula is C26H26FN. The predicted molar refractivity (Wildman–Crippen MR) is 113 cm³/mol. The van der Waals surface area contributed by atoms with E-state index in [1.807, 2.05) is 7.05 Å². The number of nitrogens with one attached hydrogen (secondary N) is 1. The monoisotopic (exact) mass is 371 g/mol. The third kappa shape index (κ3) is 2.87. The van der Waals surface area contributed by atoms with Gasteiger partial charge in [0.2, 0.25) is 0 Å². The Labute approximate surface area is 166 Å². The van der Waals surface area contributed by atoms with Crippen LogP contribution in [0.3, 0.4) is 0 Å². The van der Waals surface area contributed by atoms with Gasteiger partial charge in [0.05, 0.1) is 0 Å². The molecule has 3 aromatic carbocycles. The van der Waals surface area contributed by atoms with E-state index in [-0.39, 0.29) is 5.92 Å². The molecule has 3 aromatic rings. The van der Waals surface area contributed by atoms with E-state index in [0.29, 0.717) is 0 Å². The number of hydrogen-bond donors (Lipinski definition) is 1. The van der Waals surface area contributed by atoms with Crippen LogP contribution in [0.5, 0.6) is 0 Å². The minimum Gasteiger partial charge on any atom is -0.316 e. The Balaban J connectivity index is 1.49. The molecule has 142 valence electrons. The van der Waals surface area contributed by atoms with Crippen molar-refractivity contribution in [2.24, 2.45) is 0 Å². The average Bonchev–Trinajstić information content (AvgIpc) is 2.74. The van der Waals surface area contributed by atoms with Crippen LogP contribution >= 0.6 is 0 Å². The lowest BCUT2D eigenvalue weighted by Gasteiger charge is -2.33. The summed E-state index contributed by atoms with van der Waals surface area (Å²) < 4.78 is 15.6. The molecule has 2 heteroatoms. The normalized spacial score (nSPS) is 20.2. The van der Waals surface area contributed by atoms with Crippen LogP contribution in [0.15, 0.2) is 60.7 Å². The standard InChI is InChI=1S/C26H26FN/c1-28-16-17-6-8-19(9-7-17)21-12-13-24-23-11-10-18-4-2-3-5-20(18)22(23)14-15-25(24)26(21)27/h2-9,14-15,21,26,28H,10-13,16H2,1H3. The molecule has 1 nitrogen and oxygen atoms in total. The van der Waals surface area contributed by atoms with Crippen molar-refractivity contribution in [3.8, 4) is 11.1 Å². The van der Waals surface area contributed by atoms with Gasteiger partial charge in [-0.05, 0) is 77.2 Å². The SMILES string of the molecule is CNCc1ccc(C2CCc3c(ccc4c3CCc3ccccc3-4)C2F)cc1. The highest BCUT2D eigenvalue weighted by atomic mass is 19.1. The van der Waals surface area contributed by atoms with E-state index in [1.165, 1.54) is 33.4 Å². The number of alkyl halides is 1. The van der Waals surface area contributed by atoms with E-state index >= 15 is 4.39 Å². The molecule has 2 unspecified atom stereocenters. The molecule has 0 radical (unpaired) electrons. The number of hydrogen-bond acceptors (Lipinski definition) is 1. The van der Waals surface area contributed by atoms with Crippen LogP contribution in [0.2, 0.25) is 0 Å². The lowest BCUT2D eigenvalue weighted by Crippen LogP contribution is -2.19. The zero-order valence-corrected chi connectivity index (χ0v) is 16.3. The van der Waals surface area contributed by atoms with Gasteiger partial charge in [0.1, 0.15) is 6.17 Å². The fourth-order valence-electron chi connectivity index (χ4n) is 5.15. The molecule has 2 aliphatic rings. The van der Waals surface area contributed by atoms with Crippen LogP contribution in [0.25, 0.3) is 11.1 Å². The van der Waals surface area contributed by atoms with Gasteiger partial charge in [-0.15, -0.1) is 0 Å². The molecule has 1 N–H and O–H groups in total. The predicted octanol–water partition coefficient (Wildman–Crippen LogP) is 5.91. The van der Waals surface area contributed by atoms with Crippen LogP contribution in [-0.2, 0) is 25.8 Å². The van der Waals surface area contributed by atoms with Gasteiger partial charge in [0.25, 0.3) is 0 Å². The van der Waals surface area contributed by atoms with Crippen LogP contribution in [0.4, 0.5) is 4.39 Å². The van der Waals surface area contributed by atoms with E-state index < -0.39 is 6.17 Å². The molecule has 28 heavy (non-hydrogen) atoms. The summed E-state index contributed by atoms with van der Waals surface area (Å²) in [5.41, 5.74) is 10.0. The molecule has 0 saturated carbocycles. The van der Waals surface area contributed by atoms with Crippen molar-refractivity contribution >= 4 is 0 Å². The number of halogens is 1. The van der Waals surface area contributed by atoms with Crippen LogP contribution in [0.1, 0.15) is 51.9 Å². The highest BCUT2D eigenvalue weighted by Gasteiger charge is 2.33. The number of rotatable bonds is 3. The Morgan fingerprint density at radius 3 is 2.50 bits per heavy atom. The molecule has 0 spiro atoms. The fraction of sp³-hybridized carbons (Fsp3) is 0.308. The Morgan fingerprint density at radius 1 is 0.857 bits per heavy atom. The zero-order valence-electron chi connectivity index (χ0n) is 16.3. The number of benzene rings is 3. The van der Waals surface area contributed by atoms with E-state index in [2.05, 4.69) is 66.0 Å². The van der Waals surface area contributed by atoms with Crippen molar-refractivity contribution in [2.45, 2.75) is 44.3 Å². The quantitative estimate of drug-likeness (QED) is 0.603. The van der Waals surface area contributed by atoms with E-state index in [4.69, 9.17) is 0 Å². The molecule has 2 aliphatic carbocycles. The summed E-state index contributed by atoms with van der Waals surface area (Å²) in [6, 6.07) is 21.4. The van der Waals surface area contributed by atoms with Crippen molar-refractivity contribution in [1.29, 1.82) is 0 Å². The largest absolute Gasteiger partial charge is 0.316 e. The summed E-state index contributed by atoms with van der Waals surface area (Å²) >= 11 is 0. The minimum absolute atomic E-state index is 0.0370. The maximum Gasteiger partial charge on any atom is 0.132 e.